The number of carbonyl (C=O) groups excluding carboxylic acids is 1. The number of hydrogen-bond acceptors (Lipinski definition) is 6. The minimum atomic E-state index is -3.82. The number of nitrogens with zero attached hydrogens (tertiary/aromatic N) is 1. The second kappa shape index (κ2) is 5.95. The van der Waals surface area contributed by atoms with Crippen molar-refractivity contribution in [2.24, 2.45) is 0 Å². The van der Waals surface area contributed by atoms with Crippen molar-refractivity contribution < 1.29 is 22.8 Å². The number of rotatable bonds is 4. The summed E-state index contributed by atoms with van der Waals surface area (Å²) >= 11 is 0. The van der Waals surface area contributed by atoms with Gasteiger partial charge in [-0.15, -0.1) is 0 Å². The third-order valence-corrected chi connectivity index (χ3v) is 4.66. The Morgan fingerprint density at radius 2 is 1.88 bits per heavy atom. The van der Waals surface area contributed by atoms with Gasteiger partial charge in [-0.3, -0.25) is 14.7 Å². The molecule has 0 radical (unpaired) electrons. The van der Waals surface area contributed by atoms with Gasteiger partial charge in [0.2, 0.25) is 0 Å². The van der Waals surface area contributed by atoms with Gasteiger partial charge in [-0.25, -0.2) is 18.9 Å². The SMILES string of the molecule is Cc1nc2cc(S(=O)(=O)Nc3ccc(C(=O)NO)cc3)ccc2o1. The summed E-state index contributed by atoms with van der Waals surface area (Å²) in [4.78, 5) is 15.4. The molecule has 1 heterocycles. The van der Waals surface area contributed by atoms with E-state index in [-0.39, 0.29) is 16.1 Å². The number of carbonyl (C=O) groups is 1. The van der Waals surface area contributed by atoms with Gasteiger partial charge in [-0.2, -0.15) is 0 Å². The summed E-state index contributed by atoms with van der Waals surface area (Å²) in [5, 5.41) is 8.56. The van der Waals surface area contributed by atoms with Crippen LogP contribution >= 0.6 is 0 Å². The number of aryl methyl sites for hydroxylation is 1. The van der Waals surface area contributed by atoms with Crippen LogP contribution in [0.1, 0.15) is 16.2 Å². The zero-order valence-corrected chi connectivity index (χ0v) is 13.3. The summed E-state index contributed by atoms with van der Waals surface area (Å²) < 4.78 is 32.6. The maximum absolute atomic E-state index is 12.4. The van der Waals surface area contributed by atoms with Gasteiger partial charge >= 0.3 is 0 Å². The summed E-state index contributed by atoms with van der Waals surface area (Å²) in [6, 6.07) is 9.98. The first-order valence-corrected chi connectivity index (χ1v) is 8.32. The molecular weight excluding hydrogens is 334 g/mol. The van der Waals surface area contributed by atoms with Crippen molar-refractivity contribution in [1.29, 1.82) is 0 Å². The van der Waals surface area contributed by atoms with E-state index in [2.05, 4.69) is 9.71 Å². The van der Waals surface area contributed by atoms with Crippen LogP contribution in [0.5, 0.6) is 0 Å². The number of anilines is 1. The average Bonchev–Trinajstić information content (AvgIpc) is 2.93. The second-order valence-corrected chi connectivity index (χ2v) is 6.67. The van der Waals surface area contributed by atoms with Crippen molar-refractivity contribution in [2.45, 2.75) is 11.8 Å². The van der Waals surface area contributed by atoms with Crippen molar-refractivity contribution in [1.82, 2.24) is 10.5 Å². The number of aromatic nitrogens is 1. The summed E-state index contributed by atoms with van der Waals surface area (Å²) in [5.74, 6) is -0.235. The standard InChI is InChI=1S/C15H13N3O5S/c1-9-16-13-8-12(6-7-14(13)23-9)24(21,22)18-11-4-2-10(3-5-11)15(19)17-20/h2-8,18,20H,1H3,(H,17,19). The van der Waals surface area contributed by atoms with Crippen molar-refractivity contribution in [3.63, 3.8) is 0 Å². The van der Waals surface area contributed by atoms with Crippen LogP contribution in [0.4, 0.5) is 5.69 Å². The molecule has 0 fully saturated rings. The number of hydrogen-bond donors (Lipinski definition) is 3. The molecule has 124 valence electrons. The number of oxazole rings is 1. The highest BCUT2D eigenvalue weighted by atomic mass is 32.2. The highest BCUT2D eigenvalue weighted by Gasteiger charge is 2.16. The summed E-state index contributed by atoms with van der Waals surface area (Å²) in [5.41, 5.74) is 2.93. The van der Waals surface area contributed by atoms with Crippen LogP contribution in [-0.2, 0) is 10.0 Å². The van der Waals surface area contributed by atoms with Crippen LogP contribution in [0.15, 0.2) is 51.8 Å². The van der Waals surface area contributed by atoms with Gasteiger partial charge in [0.25, 0.3) is 15.9 Å². The van der Waals surface area contributed by atoms with Crippen LogP contribution in [0.3, 0.4) is 0 Å². The van der Waals surface area contributed by atoms with Crippen molar-refractivity contribution in [3.8, 4) is 0 Å². The molecule has 1 aromatic heterocycles. The first-order chi connectivity index (χ1) is 11.4. The first kappa shape index (κ1) is 16.0. The Labute approximate surface area is 137 Å². The van der Waals surface area contributed by atoms with Gasteiger partial charge in [0.1, 0.15) is 5.52 Å². The molecule has 0 atom stereocenters. The van der Waals surface area contributed by atoms with Crippen molar-refractivity contribution in [2.75, 3.05) is 4.72 Å². The zero-order chi connectivity index (χ0) is 17.3. The van der Waals surface area contributed by atoms with Gasteiger partial charge in [0, 0.05) is 18.2 Å². The molecule has 2 aromatic carbocycles. The fourth-order valence-corrected chi connectivity index (χ4v) is 3.24. The van der Waals surface area contributed by atoms with E-state index in [1.54, 1.807) is 13.0 Å². The molecular formula is C15H13N3O5S. The van der Waals surface area contributed by atoms with Crippen LogP contribution < -0.4 is 10.2 Å². The number of benzene rings is 2. The van der Waals surface area contributed by atoms with Crippen molar-refractivity contribution >= 4 is 32.7 Å². The monoisotopic (exact) mass is 347 g/mol. The fraction of sp³-hybridized carbons (Fsp3) is 0.0667. The summed E-state index contributed by atoms with van der Waals surface area (Å²) in [6.07, 6.45) is 0. The van der Waals surface area contributed by atoms with E-state index in [1.807, 2.05) is 0 Å². The molecule has 0 aliphatic carbocycles. The van der Waals surface area contributed by atoms with Crippen molar-refractivity contribution in [3.05, 3.63) is 53.9 Å². The Morgan fingerprint density at radius 3 is 2.54 bits per heavy atom. The van der Waals surface area contributed by atoms with Crippen LogP contribution in [0.25, 0.3) is 11.1 Å². The molecule has 0 bridgehead atoms. The molecule has 24 heavy (non-hydrogen) atoms. The lowest BCUT2D eigenvalue weighted by Gasteiger charge is -2.08. The molecule has 3 rings (SSSR count). The van der Waals surface area contributed by atoms with Gasteiger partial charge in [0.05, 0.1) is 4.90 Å². The average molecular weight is 347 g/mol. The molecule has 0 saturated heterocycles. The third kappa shape index (κ3) is 3.07. The van der Waals surface area contributed by atoms with E-state index < -0.39 is 15.9 Å². The molecule has 3 N–H and O–H groups in total. The lowest BCUT2D eigenvalue weighted by Crippen LogP contribution is -2.18. The first-order valence-electron chi connectivity index (χ1n) is 6.83. The maximum atomic E-state index is 12.4. The Bertz CT molecular complexity index is 1010. The predicted molar refractivity (Wildman–Crippen MR) is 85.2 cm³/mol. The highest BCUT2D eigenvalue weighted by molar-refractivity contribution is 7.92. The Hall–Kier alpha value is -2.91. The smallest absolute Gasteiger partial charge is 0.274 e. The highest BCUT2D eigenvalue weighted by Crippen LogP contribution is 2.22. The topological polar surface area (TPSA) is 122 Å². The second-order valence-electron chi connectivity index (χ2n) is 4.99. The molecule has 0 saturated carbocycles. The Morgan fingerprint density at radius 1 is 1.17 bits per heavy atom. The number of sulfonamides is 1. The van der Waals surface area contributed by atoms with E-state index in [0.717, 1.165) is 0 Å². The summed E-state index contributed by atoms with van der Waals surface area (Å²) in [6.45, 7) is 1.68. The largest absolute Gasteiger partial charge is 0.441 e. The molecule has 1 amide bonds. The molecule has 3 aromatic rings. The van der Waals surface area contributed by atoms with Crippen LogP contribution in [0.2, 0.25) is 0 Å². The number of hydroxylamine groups is 1. The van der Waals surface area contributed by atoms with E-state index in [9.17, 15) is 13.2 Å². The van der Waals surface area contributed by atoms with E-state index in [1.165, 1.54) is 41.9 Å². The van der Waals surface area contributed by atoms with Gasteiger partial charge in [-0.1, -0.05) is 0 Å². The van der Waals surface area contributed by atoms with Crippen LogP contribution in [-0.4, -0.2) is 24.5 Å². The quantitative estimate of drug-likeness (QED) is 0.490. The molecule has 8 nitrogen and oxygen atoms in total. The van der Waals surface area contributed by atoms with Gasteiger partial charge < -0.3 is 4.42 Å². The minimum Gasteiger partial charge on any atom is -0.441 e. The number of nitrogens with one attached hydrogen (secondary N) is 2. The van der Waals surface area contributed by atoms with E-state index in [0.29, 0.717) is 17.0 Å². The van der Waals surface area contributed by atoms with Gasteiger partial charge in [0.15, 0.2) is 11.5 Å². The zero-order valence-electron chi connectivity index (χ0n) is 12.5. The maximum Gasteiger partial charge on any atom is 0.274 e. The van der Waals surface area contributed by atoms with Gasteiger partial charge in [-0.05, 0) is 42.5 Å². The predicted octanol–water partition coefficient (Wildman–Crippen LogP) is 2.06. The van der Waals surface area contributed by atoms with E-state index >= 15 is 0 Å². The fourth-order valence-electron chi connectivity index (χ4n) is 2.16. The Kier molecular flexibility index (Phi) is 3.96. The lowest BCUT2D eigenvalue weighted by atomic mass is 10.2. The molecule has 0 aliphatic rings. The molecule has 0 spiro atoms. The third-order valence-electron chi connectivity index (χ3n) is 3.28. The van der Waals surface area contributed by atoms with E-state index in [4.69, 9.17) is 9.62 Å². The number of amides is 1. The molecule has 0 unspecified atom stereocenters. The Balaban J connectivity index is 1.88. The summed E-state index contributed by atoms with van der Waals surface area (Å²) in [7, 11) is -3.82. The van der Waals surface area contributed by atoms with Crippen LogP contribution in [0, 0.1) is 6.92 Å². The minimum absolute atomic E-state index is 0.0421. The normalized spacial score (nSPS) is 11.4. The number of fused-ring (bicyclic) bond motifs is 1. The lowest BCUT2D eigenvalue weighted by molar-refractivity contribution is 0.0706. The molecule has 9 heteroatoms. The molecule has 0 aliphatic heterocycles.